The normalized spacial score (nSPS) is 15.3. The predicted octanol–water partition coefficient (Wildman–Crippen LogP) is 2.47. The van der Waals surface area contributed by atoms with E-state index in [0.717, 1.165) is 12.8 Å². The van der Waals surface area contributed by atoms with Gasteiger partial charge in [-0.3, -0.25) is 4.79 Å². The lowest BCUT2D eigenvalue weighted by Crippen LogP contribution is -2.21. The molecule has 0 amide bonds. The van der Waals surface area contributed by atoms with Crippen LogP contribution in [-0.4, -0.2) is 23.6 Å². The predicted molar refractivity (Wildman–Crippen MR) is 53.5 cm³/mol. The van der Waals surface area contributed by atoms with Crippen LogP contribution in [0, 0.1) is 0 Å². The molecule has 1 atom stereocenters. The van der Waals surface area contributed by atoms with Crippen LogP contribution < -0.4 is 0 Å². The lowest BCUT2D eigenvalue weighted by Gasteiger charge is -2.25. The summed E-state index contributed by atoms with van der Waals surface area (Å²) in [5.41, 5.74) is 0. The van der Waals surface area contributed by atoms with Crippen LogP contribution in [0.2, 0.25) is 0 Å². The van der Waals surface area contributed by atoms with Gasteiger partial charge in [0, 0.05) is 11.7 Å². The van der Waals surface area contributed by atoms with Gasteiger partial charge in [-0.15, -0.1) is 0 Å². The maximum absolute atomic E-state index is 10.5. The highest BCUT2D eigenvalue weighted by molar-refractivity contribution is 7.99. The number of ether oxygens (including phenoxy) is 1. The van der Waals surface area contributed by atoms with Crippen LogP contribution in [-0.2, 0) is 9.53 Å². The van der Waals surface area contributed by atoms with Gasteiger partial charge >= 0.3 is 5.97 Å². The Kier molecular flexibility index (Phi) is 5.38. The first-order valence-electron chi connectivity index (χ1n) is 4.22. The van der Waals surface area contributed by atoms with Crippen LogP contribution in [0.3, 0.4) is 0 Å². The third-order valence-electron chi connectivity index (χ3n) is 2.18. The molecule has 0 heterocycles. The summed E-state index contributed by atoms with van der Waals surface area (Å²) in [4.78, 5) is 10.5. The van der Waals surface area contributed by atoms with Crippen molar-refractivity contribution in [3.8, 4) is 0 Å². The smallest absolute Gasteiger partial charge is 0.302 e. The van der Waals surface area contributed by atoms with Gasteiger partial charge in [-0.25, -0.2) is 0 Å². The Labute approximate surface area is 79.1 Å². The molecule has 0 aromatic carbocycles. The summed E-state index contributed by atoms with van der Waals surface area (Å²) in [6.45, 7) is 6.34. The van der Waals surface area contributed by atoms with Crippen LogP contribution in [0.4, 0.5) is 0 Å². The Morgan fingerprint density at radius 1 is 1.58 bits per heavy atom. The van der Waals surface area contributed by atoms with E-state index in [1.54, 1.807) is 0 Å². The number of carbonyl (C=O) groups is 1. The van der Waals surface area contributed by atoms with Crippen molar-refractivity contribution in [3.05, 3.63) is 0 Å². The lowest BCUT2D eigenvalue weighted by atomic mass is 10.1. The van der Waals surface area contributed by atoms with Gasteiger partial charge in [-0.2, -0.15) is 11.8 Å². The van der Waals surface area contributed by atoms with E-state index < -0.39 is 0 Å². The van der Waals surface area contributed by atoms with E-state index in [-0.39, 0.29) is 10.7 Å². The minimum Gasteiger partial charge on any atom is -0.466 e. The monoisotopic (exact) mass is 190 g/mol. The first-order chi connectivity index (χ1) is 5.54. The van der Waals surface area contributed by atoms with Gasteiger partial charge in [-0.05, 0) is 19.1 Å². The van der Waals surface area contributed by atoms with Crippen molar-refractivity contribution >= 4 is 17.7 Å². The Morgan fingerprint density at radius 2 is 2.17 bits per heavy atom. The van der Waals surface area contributed by atoms with Gasteiger partial charge in [0.2, 0.25) is 0 Å². The Balaban J connectivity index is 3.65. The van der Waals surface area contributed by atoms with Crippen molar-refractivity contribution in [1.29, 1.82) is 0 Å². The van der Waals surface area contributed by atoms with E-state index in [2.05, 4.69) is 20.1 Å². The fourth-order valence-electron chi connectivity index (χ4n) is 0.834. The third-order valence-corrected chi connectivity index (χ3v) is 3.66. The summed E-state index contributed by atoms with van der Waals surface area (Å²) in [7, 11) is 0. The van der Waals surface area contributed by atoms with E-state index in [9.17, 15) is 4.79 Å². The standard InChI is InChI=1S/C9H18O2S/c1-5-9(3,12-4)6-7-11-8(2)10/h5-7H2,1-4H3. The van der Waals surface area contributed by atoms with E-state index in [0.29, 0.717) is 6.61 Å². The maximum atomic E-state index is 10.5. The van der Waals surface area contributed by atoms with E-state index in [1.165, 1.54) is 6.92 Å². The molecular formula is C9H18O2S. The van der Waals surface area contributed by atoms with Gasteiger partial charge in [-0.1, -0.05) is 13.8 Å². The van der Waals surface area contributed by atoms with Gasteiger partial charge in [0.05, 0.1) is 6.61 Å². The van der Waals surface area contributed by atoms with Gasteiger partial charge in [0.1, 0.15) is 0 Å². The number of hydrogen-bond donors (Lipinski definition) is 0. The number of thioether (sulfide) groups is 1. The minimum absolute atomic E-state index is 0.186. The summed E-state index contributed by atoms with van der Waals surface area (Å²) in [6.07, 6.45) is 4.14. The molecule has 0 N–H and O–H groups in total. The fraction of sp³-hybridized carbons (Fsp3) is 0.889. The largest absolute Gasteiger partial charge is 0.466 e. The molecule has 0 rings (SSSR count). The fourth-order valence-corrected chi connectivity index (χ4v) is 1.41. The third kappa shape index (κ3) is 4.65. The summed E-state index contributed by atoms with van der Waals surface area (Å²) < 4.78 is 5.15. The Morgan fingerprint density at radius 3 is 2.50 bits per heavy atom. The van der Waals surface area contributed by atoms with Crippen molar-refractivity contribution in [3.63, 3.8) is 0 Å². The Bertz CT molecular complexity index is 141. The lowest BCUT2D eigenvalue weighted by molar-refractivity contribution is -0.141. The highest BCUT2D eigenvalue weighted by Crippen LogP contribution is 2.29. The molecule has 0 aliphatic heterocycles. The number of hydrogen-bond acceptors (Lipinski definition) is 3. The van der Waals surface area contributed by atoms with Crippen molar-refractivity contribution in [2.75, 3.05) is 12.9 Å². The zero-order valence-corrected chi connectivity index (χ0v) is 9.16. The summed E-state index contributed by atoms with van der Waals surface area (Å²) in [5, 5.41) is 0. The first-order valence-corrected chi connectivity index (χ1v) is 5.45. The molecule has 0 bridgehead atoms. The summed E-state index contributed by atoms with van der Waals surface area (Å²) in [6, 6.07) is 0. The topological polar surface area (TPSA) is 26.3 Å². The SMILES string of the molecule is CCC(C)(CCOC(C)=O)SC. The molecule has 0 aromatic rings. The van der Waals surface area contributed by atoms with Crippen LogP contribution >= 0.6 is 11.8 Å². The zero-order chi connectivity index (χ0) is 9.61. The summed E-state index contributed by atoms with van der Waals surface area (Å²) in [5.74, 6) is -0.186. The Hall–Kier alpha value is -0.180. The molecule has 0 aliphatic carbocycles. The molecule has 0 radical (unpaired) electrons. The molecule has 12 heavy (non-hydrogen) atoms. The highest BCUT2D eigenvalue weighted by atomic mass is 32.2. The summed E-state index contributed by atoms with van der Waals surface area (Å²) >= 11 is 1.83. The molecule has 72 valence electrons. The molecule has 0 fully saturated rings. The molecule has 0 saturated carbocycles. The molecule has 0 aliphatic rings. The molecule has 1 unspecified atom stereocenters. The average molecular weight is 190 g/mol. The number of esters is 1. The van der Waals surface area contributed by atoms with E-state index in [1.807, 2.05) is 11.8 Å². The second-order valence-corrected chi connectivity index (χ2v) is 4.49. The number of carbonyl (C=O) groups excluding carboxylic acids is 1. The maximum Gasteiger partial charge on any atom is 0.302 e. The minimum atomic E-state index is -0.186. The van der Waals surface area contributed by atoms with Crippen molar-refractivity contribution < 1.29 is 9.53 Å². The quantitative estimate of drug-likeness (QED) is 0.623. The molecule has 3 heteroatoms. The second kappa shape index (κ2) is 5.46. The van der Waals surface area contributed by atoms with Crippen molar-refractivity contribution in [2.24, 2.45) is 0 Å². The van der Waals surface area contributed by atoms with Crippen LogP contribution in [0.1, 0.15) is 33.6 Å². The first kappa shape index (κ1) is 11.8. The van der Waals surface area contributed by atoms with E-state index in [4.69, 9.17) is 4.74 Å². The molecule has 0 saturated heterocycles. The van der Waals surface area contributed by atoms with Crippen LogP contribution in [0.5, 0.6) is 0 Å². The van der Waals surface area contributed by atoms with Crippen molar-refractivity contribution in [1.82, 2.24) is 0 Å². The van der Waals surface area contributed by atoms with Gasteiger partial charge < -0.3 is 4.74 Å². The number of rotatable bonds is 5. The molecular weight excluding hydrogens is 172 g/mol. The highest BCUT2D eigenvalue weighted by Gasteiger charge is 2.20. The van der Waals surface area contributed by atoms with Gasteiger partial charge in [0.25, 0.3) is 0 Å². The molecule has 2 nitrogen and oxygen atoms in total. The van der Waals surface area contributed by atoms with Crippen molar-refractivity contribution in [2.45, 2.75) is 38.4 Å². The van der Waals surface area contributed by atoms with Crippen LogP contribution in [0.25, 0.3) is 0 Å². The zero-order valence-electron chi connectivity index (χ0n) is 8.35. The van der Waals surface area contributed by atoms with E-state index >= 15 is 0 Å². The molecule has 0 aromatic heterocycles. The van der Waals surface area contributed by atoms with Gasteiger partial charge in [0.15, 0.2) is 0 Å². The molecule has 0 spiro atoms. The van der Waals surface area contributed by atoms with Crippen LogP contribution in [0.15, 0.2) is 0 Å². The average Bonchev–Trinajstić information content (AvgIpc) is 2.03. The second-order valence-electron chi connectivity index (χ2n) is 3.10.